The lowest BCUT2D eigenvalue weighted by Crippen LogP contribution is -2.70. The van der Waals surface area contributed by atoms with Crippen molar-refractivity contribution in [2.24, 2.45) is 0 Å². The zero-order chi connectivity index (χ0) is 22.7. The van der Waals surface area contributed by atoms with Gasteiger partial charge in [-0.25, -0.2) is 9.59 Å². The molecule has 1 unspecified atom stereocenters. The van der Waals surface area contributed by atoms with Crippen LogP contribution >= 0.6 is 24.0 Å². The number of nitrogens with one attached hydrogen (secondary N) is 1. The van der Waals surface area contributed by atoms with E-state index in [-0.39, 0.29) is 28.9 Å². The summed E-state index contributed by atoms with van der Waals surface area (Å²) >= 11 is 5.47. The molecule has 5 N–H and O–H groups in total. The second-order valence-corrected chi connectivity index (χ2v) is 8.89. The fourth-order valence-electron chi connectivity index (χ4n) is 4.12. The number of phenols is 1. The summed E-state index contributed by atoms with van der Waals surface area (Å²) in [7, 11) is 0. The van der Waals surface area contributed by atoms with Crippen LogP contribution in [0.5, 0.6) is 5.75 Å². The maximum absolute atomic E-state index is 12.9. The highest BCUT2D eigenvalue weighted by Crippen LogP contribution is 2.47. The first kappa shape index (κ1) is 20.4. The van der Waals surface area contributed by atoms with Crippen LogP contribution in [-0.2, 0) is 14.3 Å². The molecule has 2 aromatic rings. The fraction of sp³-hybridized carbons (Fsp3) is 0.278. The number of amides is 3. The highest BCUT2D eigenvalue weighted by molar-refractivity contribution is 7.81. The van der Waals surface area contributed by atoms with Gasteiger partial charge in [0.1, 0.15) is 40.0 Å². The Bertz CT molecular complexity index is 1170. The summed E-state index contributed by atoms with van der Waals surface area (Å²) in [5.41, 5.74) is 5.71. The average Bonchev–Trinajstić information content (AvgIpc) is 3.35. The first-order valence-electron chi connectivity index (χ1n) is 9.37. The van der Waals surface area contributed by atoms with Crippen molar-refractivity contribution in [3.63, 3.8) is 0 Å². The van der Waals surface area contributed by atoms with E-state index in [1.807, 2.05) is 0 Å². The van der Waals surface area contributed by atoms with Crippen molar-refractivity contribution >= 4 is 52.7 Å². The summed E-state index contributed by atoms with van der Waals surface area (Å²) in [6.45, 7) is 0.0661. The van der Waals surface area contributed by atoms with Gasteiger partial charge in [-0.3, -0.25) is 9.69 Å². The minimum atomic E-state index is -1.35. The Morgan fingerprint density at radius 3 is 2.66 bits per heavy atom. The molecule has 0 saturated carbocycles. The number of ether oxygens (including phenoxy) is 1. The van der Waals surface area contributed by atoms with Crippen molar-refractivity contribution in [1.82, 2.24) is 20.0 Å². The summed E-state index contributed by atoms with van der Waals surface area (Å²) < 4.78 is 5.98. The number of nitrogens with zero attached hydrogens (tertiary/aromatic N) is 4. The average molecular weight is 476 g/mol. The molecule has 2 fully saturated rings. The summed E-state index contributed by atoms with van der Waals surface area (Å²) in [6, 6.07) is 3.87. The Balaban J connectivity index is 1.42. The third-order valence-corrected chi connectivity index (χ3v) is 6.95. The maximum atomic E-state index is 12.9. The van der Waals surface area contributed by atoms with Gasteiger partial charge in [0, 0.05) is 5.69 Å². The molecule has 0 aliphatic carbocycles. The lowest BCUT2D eigenvalue weighted by atomic mass is 9.91. The van der Waals surface area contributed by atoms with Gasteiger partial charge in [0.15, 0.2) is 5.70 Å². The highest BCUT2D eigenvalue weighted by Gasteiger charge is 2.66. The molecular formula is C18H16N6O6S2. The number of aliphatic carboxylic acids is 1. The Hall–Kier alpha value is -3.52. The summed E-state index contributed by atoms with van der Waals surface area (Å²) in [5, 5.41) is 29.1. The third kappa shape index (κ3) is 3.02. The molecule has 4 atom stereocenters. The second-order valence-electron chi connectivity index (χ2n) is 7.33. The van der Waals surface area contributed by atoms with E-state index >= 15 is 0 Å². The van der Waals surface area contributed by atoms with Crippen molar-refractivity contribution in [2.75, 3.05) is 17.6 Å². The SMILES string of the molecule is Nc1nnc(C(S)C2=C(C(=O)O)N3C(=O)[C@@H]4[C@H]3[C@@H](CN4C(=O)Nc3ccc(O)cc3)O2)s1. The summed E-state index contributed by atoms with van der Waals surface area (Å²) in [6.07, 6.45) is -0.638. The predicted molar refractivity (Wildman–Crippen MR) is 114 cm³/mol. The van der Waals surface area contributed by atoms with Crippen molar-refractivity contribution in [3.05, 3.63) is 40.7 Å². The van der Waals surface area contributed by atoms with E-state index in [2.05, 4.69) is 28.1 Å². The fourth-order valence-corrected chi connectivity index (χ4v) is 5.11. The number of nitrogen functional groups attached to an aromatic ring is 1. The Kier molecular flexibility index (Phi) is 4.63. The highest BCUT2D eigenvalue weighted by atomic mass is 32.1. The van der Waals surface area contributed by atoms with Gasteiger partial charge in [-0.2, -0.15) is 12.6 Å². The quantitative estimate of drug-likeness (QED) is 0.241. The molecule has 4 heterocycles. The van der Waals surface area contributed by atoms with E-state index < -0.39 is 41.3 Å². The minimum absolute atomic E-state index is 0.0479. The van der Waals surface area contributed by atoms with Crippen molar-refractivity contribution in [3.8, 4) is 5.75 Å². The normalized spacial score (nSPS) is 24.5. The van der Waals surface area contributed by atoms with Crippen LogP contribution in [0.1, 0.15) is 10.3 Å². The van der Waals surface area contributed by atoms with Crippen LogP contribution in [0, 0.1) is 0 Å². The molecule has 3 aliphatic rings. The Morgan fingerprint density at radius 1 is 1.31 bits per heavy atom. The number of hydrogen-bond acceptors (Lipinski definition) is 10. The van der Waals surface area contributed by atoms with E-state index in [1.165, 1.54) is 29.2 Å². The van der Waals surface area contributed by atoms with Crippen molar-refractivity contribution in [2.45, 2.75) is 23.4 Å². The number of likely N-dealkylation sites (tertiary alicyclic amines) is 1. The molecule has 2 saturated heterocycles. The van der Waals surface area contributed by atoms with Gasteiger partial charge in [0.2, 0.25) is 5.13 Å². The number of thiol groups is 1. The van der Waals surface area contributed by atoms with Gasteiger partial charge >= 0.3 is 12.0 Å². The first-order chi connectivity index (χ1) is 15.3. The zero-order valence-electron chi connectivity index (χ0n) is 16.1. The van der Waals surface area contributed by atoms with E-state index in [0.29, 0.717) is 10.7 Å². The minimum Gasteiger partial charge on any atom is -0.508 e. The van der Waals surface area contributed by atoms with Gasteiger partial charge in [-0.05, 0) is 24.3 Å². The van der Waals surface area contributed by atoms with Crippen LogP contribution in [-0.4, -0.2) is 72.9 Å². The molecule has 14 heteroatoms. The number of benzene rings is 1. The zero-order valence-corrected chi connectivity index (χ0v) is 17.8. The van der Waals surface area contributed by atoms with Crippen LogP contribution < -0.4 is 11.1 Å². The second kappa shape index (κ2) is 7.27. The summed E-state index contributed by atoms with van der Waals surface area (Å²) in [5.74, 6) is -1.87. The Morgan fingerprint density at radius 2 is 2.03 bits per heavy atom. The molecule has 32 heavy (non-hydrogen) atoms. The molecule has 3 amide bonds. The van der Waals surface area contributed by atoms with Crippen LogP contribution in [0.15, 0.2) is 35.7 Å². The standard InChI is InChI=1S/C18H16N6O6S2/c19-17-22-21-14(32-17)13(31)12-11(16(27)28)24-9-8(30-12)5-23(10(9)15(24)26)18(29)20-6-1-3-7(25)4-2-6/h1-4,8-10,13,25,31H,5H2,(H2,19,22)(H,20,29)(H,27,28)/t8-,9-,10+,13?/m1/s1. The number of aromatic hydroxyl groups is 1. The number of hydrogen-bond donors (Lipinski definition) is 5. The van der Waals surface area contributed by atoms with Crippen LogP contribution in [0.2, 0.25) is 0 Å². The van der Waals surface area contributed by atoms with E-state index in [1.54, 1.807) is 0 Å². The number of carbonyl (C=O) groups is 3. The molecule has 0 spiro atoms. The summed E-state index contributed by atoms with van der Waals surface area (Å²) in [4.78, 5) is 40.3. The van der Waals surface area contributed by atoms with Gasteiger partial charge in [-0.1, -0.05) is 11.3 Å². The van der Waals surface area contributed by atoms with Crippen LogP contribution in [0.4, 0.5) is 15.6 Å². The van der Waals surface area contributed by atoms with E-state index in [9.17, 15) is 24.6 Å². The molecule has 1 aromatic carbocycles. The number of carboxylic acid groups (broad SMARTS) is 1. The molecular weight excluding hydrogens is 460 g/mol. The number of nitrogens with two attached hydrogens (primary N) is 1. The largest absolute Gasteiger partial charge is 0.508 e. The Labute approximate surface area is 189 Å². The number of urea groups is 1. The predicted octanol–water partition coefficient (Wildman–Crippen LogP) is 0.619. The molecule has 12 nitrogen and oxygen atoms in total. The number of aromatic nitrogens is 2. The van der Waals surface area contributed by atoms with Gasteiger partial charge in [0.05, 0.1) is 6.54 Å². The number of carboxylic acids is 1. The van der Waals surface area contributed by atoms with E-state index in [0.717, 1.165) is 16.2 Å². The number of carbonyl (C=O) groups excluding carboxylic acids is 2. The van der Waals surface area contributed by atoms with Gasteiger partial charge < -0.3 is 30.9 Å². The van der Waals surface area contributed by atoms with Crippen LogP contribution in [0.25, 0.3) is 0 Å². The topological polar surface area (TPSA) is 171 Å². The van der Waals surface area contributed by atoms with Gasteiger partial charge in [0.25, 0.3) is 5.91 Å². The maximum Gasteiger partial charge on any atom is 0.356 e. The molecule has 0 radical (unpaired) electrons. The molecule has 0 bridgehead atoms. The molecule has 5 rings (SSSR count). The lowest BCUT2D eigenvalue weighted by Gasteiger charge is -2.49. The first-order valence-corrected chi connectivity index (χ1v) is 10.7. The molecule has 166 valence electrons. The smallest absolute Gasteiger partial charge is 0.356 e. The number of rotatable bonds is 4. The molecule has 1 aromatic heterocycles. The number of phenolic OH excluding ortho intramolecular Hbond substituents is 1. The van der Waals surface area contributed by atoms with Gasteiger partial charge in [-0.15, -0.1) is 10.2 Å². The van der Waals surface area contributed by atoms with E-state index in [4.69, 9.17) is 10.5 Å². The lowest BCUT2D eigenvalue weighted by molar-refractivity contribution is -0.160. The van der Waals surface area contributed by atoms with Crippen molar-refractivity contribution in [1.29, 1.82) is 0 Å². The number of β-lactam (4-membered cyclic amide) rings is 1. The molecule has 3 aliphatic heterocycles. The monoisotopic (exact) mass is 476 g/mol. The van der Waals surface area contributed by atoms with Crippen molar-refractivity contribution < 1.29 is 29.3 Å². The number of anilines is 2. The third-order valence-electron chi connectivity index (χ3n) is 5.48. The van der Waals surface area contributed by atoms with Crippen LogP contribution in [0.3, 0.4) is 0 Å².